The van der Waals surface area contributed by atoms with E-state index in [1.807, 2.05) is 20.8 Å². The molecule has 0 N–H and O–H groups in total. The minimum atomic E-state index is -0.620. The summed E-state index contributed by atoms with van der Waals surface area (Å²) in [5.74, 6) is 0.435. The second-order valence-corrected chi connectivity index (χ2v) is 3.22. The lowest BCUT2D eigenvalue weighted by Crippen LogP contribution is -2.10. The van der Waals surface area contributed by atoms with Crippen molar-refractivity contribution in [2.75, 3.05) is 0 Å². The standard InChI is InChI=1S/C7H10FNO/c1-7(2,3)6-9-4-5(8)10-6/h4H,1-3H3. The highest BCUT2D eigenvalue weighted by Crippen LogP contribution is 2.20. The largest absolute Gasteiger partial charge is 0.415 e. The van der Waals surface area contributed by atoms with Crippen molar-refractivity contribution >= 4 is 0 Å². The highest BCUT2D eigenvalue weighted by atomic mass is 19.1. The Bertz CT molecular complexity index is 224. The molecule has 0 fully saturated rings. The summed E-state index contributed by atoms with van der Waals surface area (Å²) in [6, 6.07) is -0.620. The SMILES string of the molecule is CC(C)(C)c1ncc(F)o1. The zero-order valence-corrected chi connectivity index (χ0v) is 6.31. The van der Waals surface area contributed by atoms with E-state index < -0.39 is 6.01 Å². The van der Waals surface area contributed by atoms with Gasteiger partial charge in [-0.05, 0) is 0 Å². The number of aromatic nitrogens is 1. The molecule has 0 aliphatic heterocycles. The highest BCUT2D eigenvalue weighted by molar-refractivity contribution is 4.96. The van der Waals surface area contributed by atoms with Crippen molar-refractivity contribution in [2.24, 2.45) is 0 Å². The van der Waals surface area contributed by atoms with Crippen LogP contribution in [0.3, 0.4) is 0 Å². The van der Waals surface area contributed by atoms with Gasteiger partial charge in [-0.25, -0.2) is 4.98 Å². The third-order valence-electron chi connectivity index (χ3n) is 1.12. The highest BCUT2D eigenvalue weighted by Gasteiger charge is 2.19. The van der Waals surface area contributed by atoms with Gasteiger partial charge in [0.05, 0.1) is 0 Å². The first-order chi connectivity index (χ1) is 4.50. The Morgan fingerprint density at radius 1 is 1.50 bits per heavy atom. The molecule has 0 unspecified atom stereocenters. The van der Waals surface area contributed by atoms with E-state index in [2.05, 4.69) is 9.40 Å². The predicted octanol–water partition coefficient (Wildman–Crippen LogP) is 2.11. The van der Waals surface area contributed by atoms with Crippen molar-refractivity contribution in [1.82, 2.24) is 4.98 Å². The maximum Gasteiger partial charge on any atom is 0.298 e. The Morgan fingerprint density at radius 2 is 2.10 bits per heavy atom. The van der Waals surface area contributed by atoms with Crippen molar-refractivity contribution in [3.63, 3.8) is 0 Å². The van der Waals surface area contributed by atoms with Gasteiger partial charge in [-0.2, -0.15) is 4.39 Å². The molecule has 0 spiro atoms. The molecule has 0 aromatic carbocycles. The molecule has 0 aliphatic rings. The summed E-state index contributed by atoms with van der Waals surface area (Å²) in [6.07, 6.45) is 1.08. The van der Waals surface area contributed by atoms with Gasteiger partial charge in [-0.1, -0.05) is 20.8 Å². The van der Waals surface area contributed by atoms with E-state index in [1.54, 1.807) is 0 Å². The van der Waals surface area contributed by atoms with Crippen LogP contribution in [0.25, 0.3) is 0 Å². The monoisotopic (exact) mass is 143 g/mol. The van der Waals surface area contributed by atoms with Crippen LogP contribution in [0.15, 0.2) is 10.6 Å². The molecular weight excluding hydrogens is 133 g/mol. The van der Waals surface area contributed by atoms with E-state index >= 15 is 0 Å². The molecular formula is C7H10FNO. The second-order valence-electron chi connectivity index (χ2n) is 3.22. The Balaban J connectivity index is 2.96. The molecule has 0 saturated carbocycles. The number of halogens is 1. The maximum absolute atomic E-state index is 12.2. The Morgan fingerprint density at radius 3 is 2.30 bits per heavy atom. The Kier molecular flexibility index (Phi) is 1.50. The van der Waals surface area contributed by atoms with Gasteiger partial charge < -0.3 is 4.42 Å². The van der Waals surface area contributed by atoms with Crippen molar-refractivity contribution in [3.8, 4) is 0 Å². The van der Waals surface area contributed by atoms with Crippen LogP contribution in [-0.2, 0) is 5.41 Å². The molecule has 0 saturated heterocycles. The molecule has 56 valence electrons. The van der Waals surface area contributed by atoms with Gasteiger partial charge in [-0.15, -0.1) is 0 Å². The van der Waals surface area contributed by atoms with E-state index in [4.69, 9.17) is 0 Å². The summed E-state index contributed by atoms with van der Waals surface area (Å²) in [4.78, 5) is 3.75. The molecule has 1 heterocycles. The van der Waals surface area contributed by atoms with Crippen LogP contribution < -0.4 is 0 Å². The summed E-state index contributed by atoms with van der Waals surface area (Å²) >= 11 is 0. The topological polar surface area (TPSA) is 26.0 Å². The van der Waals surface area contributed by atoms with Crippen LogP contribution in [0, 0.1) is 6.01 Å². The lowest BCUT2D eigenvalue weighted by atomic mass is 9.97. The number of rotatable bonds is 0. The van der Waals surface area contributed by atoms with Crippen molar-refractivity contribution in [2.45, 2.75) is 26.2 Å². The molecule has 1 aromatic heterocycles. The molecule has 0 radical (unpaired) electrons. The second kappa shape index (κ2) is 2.08. The van der Waals surface area contributed by atoms with Crippen molar-refractivity contribution in [1.29, 1.82) is 0 Å². The minimum absolute atomic E-state index is 0.204. The van der Waals surface area contributed by atoms with Crippen LogP contribution in [-0.4, -0.2) is 4.98 Å². The van der Waals surface area contributed by atoms with Gasteiger partial charge in [0.15, 0.2) is 0 Å². The van der Waals surface area contributed by atoms with Gasteiger partial charge in [-0.3, -0.25) is 0 Å². The molecule has 1 rings (SSSR count). The van der Waals surface area contributed by atoms with Crippen LogP contribution in [0.1, 0.15) is 26.7 Å². The molecule has 2 nitrogen and oxygen atoms in total. The average molecular weight is 143 g/mol. The minimum Gasteiger partial charge on any atom is -0.415 e. The third kappa shape index (κ3) is 1.35. The summed E-state index contributed by atoms with van der Waals surface area (Å²) < 4.78 is 16.9. The number of oxazole rings is 1. The molecule has 0 aliphatic carbocycles. The van der Waals surface area contributed by atoms with E-state index in [1.165, 1.54) is 0 Å². The third-order valence-corrected chi connectivity index (χ3v) is 1.12. The summed E-state index contributed by atoms with van der Waals surface area (Å²) in [5, 5.41) is 0. The maximum atomic E-state index is 12.2. The summed E-state index contributed by atoms with van der Waals surface area (Å²) in [5.41, 5.74) is -0.204. The van der Waals surface area contributed by atoms with Crippen LogP contribution >= 0.6 is 0 Å². The first kappa shape index (κ1) is 7.25. The van der Waals surface area contributed by atoms with Gasteiger partial charge >= 0.3 is 0 Å². The van der Waals surface area contributed by atoms with E-state index in [-0.39, 0.29) is 5.41 Å². The van der Waals surface area contributed by atoms with Crippen LogP contribution in [0.2, 0.25) is 0 Å². The lowest BCUT2D eigenvalue weighted by Gasteiger charge is -2.11. The molecule has 3 heteroatoms. The van der Waals surface area contributed by atoms with Gasteiger partial charge in [0, 0.05) is 5.41 Å². The summed E-state index contributed by atoms with van der Waals surface area (Å²) in [6.45, 7) is 5.74. The molecule has 0 atom stereocenters. The fraction of sp³-hybridized carbons (Fsp3) is 0.571. The zero-order valence-electron chi connectivity index (χ0n) is 6.31. The molecule has 0 amide bonds. The average Bonchev–Trinajstić information content (AvgIpc) is 2.11. The number of hydrogen-bond acceptors (Lipinski definition) is 2. The predicted molar refractivity (Wildman–Crippen MR) is 35.2 cm³/mol. The normalized spacial score (nSPS) is 12.0. The van der Waals surface area contributed by atoms with Crippen molar-refractivity contribution in [3.05, 3.63) is 18.1 Å². The first-order valence-corrected chi connectivity index (χ1v) is 3.12. The summed E-state index contributed by atoms with van der Waals surface area (Å²) in [7, 11) is 0. The van der Waals surface area contributed by atoms with Gasteiger partial charge in [0.1, 0.15) is 6.20 Å². The smallest absolute Gasteiger partial charge is 0.298 e. The van der Waals surface area contributed by atoms with Crippen LogP contribution in [0.4, 0.5) is 4.39 Å². The fourth-order valence-corrected chi connectivity index (χ4v) is 0.601. The van der Waals surface area contributed by atoms with E-state index in [0.717, 1.165) is 6.20 Å². The Labute approximate surface area is 59.1 Å². The van der Waals surface area contributed by atoms with E-state index in [0.29, 0.717) is 5.89 Å². The van der Waals surface area contributed by atoms with E-state index in [9.17, 15) is 4.39 Å². The fourth-order valence-electron chi connectivity index (χ4n) is 0.601. The first-order valence-electron chi connectivity index (χ1n) is 3.12. The number of hydrogen-bond donors (Lipinski definition) is 0. The quantitative estimate of drug-likeness (QED) is 0.556. The molecule has 10 heavy (non-hydrogen) atoms. The van der Waals surface area contributed by atoms with Gasteiger partial charge in [0.2, 0.25) is 5.89 Å². The number of nitrogens with zero attached hydrogens (tertiary/aromatic N) is 1. The Hall–Kier alpha value is -0.860. The molecule has 0 bridgehead atoms. The zero-order chi connectivity index (χ0) is 7.78. The molecule has 1 aromatic rings. The van der Waals surface area contributed by atoms with Gasteiger partial charge in [0.25, 0.3) is 6.01 Å². The van der Waals surface area contributed by atoms with Crippen molar-refractivity contribution < 1.29 is 8.81 Å². The van der Waals surface area contributed by atoms with Crippen LogP contribution in [0.5, 0.6) is 0 Å². The lowest BCUT2D eigenvalue weighted by molar-refractivity contribution is 0.297.